The SMILES string of the molecule is O=C(Nc1ccc(Br)cn1)c1ccc(-c2ncccc2C(F)(F)F)c(Cl)c1. The highest BCUT2D eigenvalue weighted by atomic mass is 79.9. The fraction of sp³-hybridized carbons (Fsp3) is 0.0556. The van der Waals surface area contributed by atoms with Crippen LogP contribution in [0.3, 0.4) is 0 Å². The third-order valence-electron chi connectivity index (χ3n) is 3.57. The van der Waals surface area contributed by atoms with Crippen LogP contribution in [-0.4, -0.2) is 15.9 Å². The van der Waals surface area contributed by atoms with Crippen LogP contribution in [0.25, 0.3) is 11.3 Å². The van der Waals surface area contributed by atoms with E-state index in [4.69, 9.17) is 11.6 Å². The number of halogens is 5. The molecule has 4 nitrogen and oxygen atoms in total. The standard InChI is InChI=1S/C18H10BrClF3N3O/c19-11-4-6-15(25-9-11)26-17(27)10-3-5-12(14(20)8-10)16-13(18(21,22)23)2-1-7-24-16/h1-9H,(H,25,26,27). The highest BCUT2D eigenvalue weighted by Crippen LogP contribution is 2.38. The van der Waals surface area contributed by atoms with Crippen LogP contribution in [0.15, 0.2) is 59.3 Å². The van der Waals surface area contributed by atoms with Crippen molar-refractivity contribution in [1.82, 2.24) is 9.97 Å². The molecule has 0 aliphatic rings. The van der Waals surface area contributed by atoms with Gasteiger partial charge in [-0.3, -0.25) is 9.78 Å². The maximum absolute atomic E-state index is 13.2. The predicted molar refractivity (Wildman–Crippen MR) is 99.6 cm³/mol. The summed E-state index contributed by atoms with van der Waals surface area (Å²) in [6.07, 6.45) is -1.80. The Morgan fingerprint density at radius 1 is 1.11 bits per heavy atom. The van der Waals surface area contributed by atoms with E-state index in [0.717, 1.165) is 10.5 Å². The summed E-state index contributed by atoms with van der Waals surface area (Å²) < 4.78 is 40.3. The summed E-state index contributed by atoms with van der Waals surface area (Å²) >= 11 is 9.38. The van der Waals surface area contributed by atoms with Gasteiger partial charge in [0.1, 0.15) is 5.82 Å². The van der Waals surface area contributed by atoms with Gasteiger partial charge in [-0.2, -0.15) is 13.2 Å². The highest BCUT2D eigenvalue weighted by molar-refractivity contribution is 9.10. The van der Waals surface area contributed by atoms with E-state index in [1.807, 2.05) is 0 Å². The molecule has 9 heteroatoms. The number of rotatable bonds is 3. The zero-order valence-electron chi connectivity index (χ0n) is 13.4. The molecule has 0 bridgehead atoms. The van der Waals surface area contributed by atoms with Gasteiger partial charge >= 0.3 is 6.18 Å². The van der Waals surface area contributed by atoms with Gasteiger partial charge in [-0.25, -0.2) is 4.98 Å². The van der Waals surface area contributed by atoms with E-state index >= 15 is 0 Å². The van der Waals surface area contributed by atoms with Crippen molar-refractivity contribution in [2.24, 2.45) is 0 Å². The van der Waals surface area contributed by atoms with Gasteiger partial charge in [-0.15, -0.1) is 0 Å². The molecular formula is C18H10BrClF3N3O. The number of aromatic nitrogens is 2. The Kier molecular flexibility index (Phi) is 5.48. The molecule has 3 aromatic rings. The van der Waals surface area contributed by atoms with Crippen LogP contribution in [0.1, 0.15) is 15.9 Å². The first-order valence-corrected chi connectivity index (χ1v) is 8.68. The summed E-state index contributed by atoms with van der Waals surface area (Å²) in [7, 11) is 0. The normalized spacial score (nSPS) is 11.3. The number of pyridine rings is 2. The van der Waals surface area contributed by atoms with Gasteiger partial charge in [0, 0.05) is 28.0 Å². The van der Waals surface area contributed by atoms with E-state index in [1.165, 1.54) is 36.7 Å². The molecule has 1 aromatic carbocycles. The fourth-order valence-electron chi connectivity index (χ4n) is 2.34. The van der Waals surface area contributed by atoms with Crippen molar-refractivity contribution >= 4 is 39.3 Å². The van der Waals surface area contributed by atoms with Gasteiger partial charge in [0.05, 0.1) is 16.3 Å². The van der Waals surface area contributed by atoms with Crippen molar-refractivity contribution in [2.75, 3.05) is 5.32 Å². The Morgan fingerprint density at radius 2 is 1.89 bits per heavy atom. The molecule has 0 aliphatic heterocycles. The molecule has 0 unspecified atom stereocenters. The molecule has 27 heavy (non-hydrogen) atoms. The Labute approximate surface area is 165 Å². The quantitative estimate of drug-likeness (QED) is 0.539. The first-order chi connectivity index (χ1) is 12.8. The Bertz CT molecular complexity index is 994. The van der Waals surface area contributed by atoms with Crippen LogP contribution in [-0.2, 0) is 6.18 Å². The first kappa shape index (κ1) is 19.3. The van der Waals surface area contributed by atoms with Gasteiger partial charge in [0.15, 0.2) is 0 Å². The molecule has 3 rings (SSSR count). The summed E-state index contributed by atoms with van der Waals surface area (Å²) in [6, 6.07) is 9.44. The molecule has 0 fully saturated rings. The summed E-state index contributed by atoms with van der Waals surface area (Å²) in [4.78, 5) is 20.1. The minimum absolute atomic E-state index is 0.0179. The minimum atomic E-state index is -4.57. The van der Waals surface area contributed by atoms with Crippen molar-refractivity contribution in [2.45, 2.75) is 6.18 Å². The number of nitrogens with one attached hydrogen (secondary N) is 1. The summed E-state index contributed by atoms with van der Waals surface area (Å²) in [6.45, 7) is 0. The Balaban J connectivity index is 1.91. The van der Waals surface area contributed by atoms with E-state index in [0.29, 0.717) is 5.82 Å². The summed E-state index contributed by atoms with van der Waals surface area (Å²) in [5.74, 6) is -0.164. The van der Waals surface area contributed by atoms with Gasteiger partial charge in [-0.1, -0.05) is 17.7 Å². The van der Waals surface area contributed by atoms with Gasteiger partial charge in [0.25, 0.3) is 5.91 Å². The van der Waals surface area contributed by atoms with Gasteiger partial charge in [-0.05, 0) is 52.3 Å². The second kappa shape index (κ2) is 7.66. The molecule has 0 saturated carbocycles. The molecule has 2 heterocycles. The average Bonchev–Trinajstić information content (AvgIpc) is 2.63. The molecule has 1 amide bonds. The van der Waals surface area contributed by atoms with Gasteiger partial charge < -0.3 is 5.32 Å². The molecule has 138 valence electrons. The maximum atomic E-state index is 13.2. The number of amides is 1. The van der Waals surface area contributed by atoms with E-state index < -0.39 is 17.6 Å². The largest absolute Gasteiger partial charge is 0.418 e. The molecule has 1 N–H and O–H groups in total. The molecule has 0 atom stereocenters. The first-order valence-electron chi connectivity index (χ1n) is 7.51. The van der Waals surface area contributed by atoms with Crippen LogP contribution < -0.4 is 5.32 Å². The fourth-order valence-corrected chi connectivity index (χ4v) is 2.84. The number of carbonyl (C=O) groups is 1. The number of anilines is 1. The van der Waals surface area contributed by atoms with Crippen LogP contribution in [0.4, 0.5) is 19.0 Å². The topological polar surface area (TPSA) is 54.9 Å². The third-order valence-corrected chi connectivity index (χ3v) is 4.35. The number of hydrogen-bond donors (Lipinski definition) is 1. The lowest BCUT2D eigenvalue weighted by Crippen LogP contribution is -2.13. The predicted octanol–water partition coefficient (Wildman–Crippen LogP) is 5.83. The smallest absolute Gasteiger partial charge is 0.307 e. The van der Waals surface area contributed by atoms with E-state index in [1.54, 1.807) is 12.1 Å². The van der Waals surface area contributed by atoms with Crippen LogP contribution in [0.5, 0.6) is 0 Å². The summed E-state index contributed by atoms with van der Waals surface area (Å²) in [5, 5.41) is 2.56. The van der Waals surface area contributed by atoms with Crippen molar-refractivity contribution in [3.8, 4) is 11.3 Å². The molecule has 0 radical (unpaired) electrons. The maximum Gasteiger partial charge on any atom is 0.418 e. The second-order valence-electron chi connectivity index (χ2n) is 5.41. The van der Waals surface area contributed by atoms with Crippen LogP contribution in [0, 0.1) is 0 Å². The van der Waals surface area contributed by atoms with E-state index in [-0.39, 0.29) is 21.8 Å². The van der Waals surface area contributed by atoms with E-state index in [2.05, 4.69) is 31.2 Å². The van der Waals surface area contributed by atoms with Crippen molar-refractivity contribution in [3.63, 3.8) is 0 Å². The van der Waals surface area contributed by atoms with Crippen LogP contribution >= 0.6 is 27.5 Å². The second-order valence-corrected chi connectivity index (χ2v) is 6.73. The van der Waals surface area contributed by atoms with Crippen molar-refractivity contribution in [3.05, 3.63) is 75.5 Å². The molecule has 0 spiro atoms. The van der Waals surface area contributed by atoms with Crippen LogP contribution in [0.2, 0.25) is 5.02 Å². The molecule has 2 aromatic heterocycles. The molecular weight excluding hydrogens is 447 g/mol. The lowest BCUT2D eigenvalue weighted by molar-refractivity contribution is -0.137. The summed E-state index contributed by atoms with van der Waals surface area (Å²) in [5.41, 5.74) is -0.930. The Morgan fingerprint density at radius 3 is 2.52 bits per heavy atom. The molecule has 0 saturated heterocycles. The lowest BCUT2D eigenvalue weighted by Gasteiger charge is -2.13. The number of benzene rings is 1. The van der Waals surface area contributed by atoms with E-state index in [9.17, 15) is 18.0 Å². The number of hydrogen-bond acceptors (Lipinski definition) is 3. The number of alkyl halides is 3. The zero-order valence-corrected chi connectivity index (χ0v) is 15.7. The lowest BCUT2D eigenvalue weighted by atomic mass is 10.0. The monoisotopic (exact) mass is 455 g/mol. The Hall–Kier alpha value is -2.45. The highest BCUT2D eigenvalue weighted by Gasteiger charge is 2.34. The third kappa shape index (κ3) is 4.45. The van der Waals surface area contributed by atoms with Gasteiger partial charge in [0.2, 0.25) is 0 Å². The molecule has 0 aliphatic carbocycles. The zero-order chi connectivity index (χ0) is 19.6. The van der Waals surface area contributed by atoms with Crippen molar-refractivity contribution in [1.29, 1.82) is 0 Å². The minimum Gasteiger partial charge on any atom is -0.307 e. The van der Waals surface area contributed by atoms with Crippen molar-refractivity contribution < 1.29 is 18.0 Å². The number of carbonyl (C=O) groups excluding carboxylic acids is 1. The average molecular weight is 457 g/mol. The number of nitrogens with zero attached hydrogens (tertiary/aromatic N) is 2.